The van der Waals surface area contributed by atoms with Crippen LogP contribution in [0, 0.1) is 0 Å². The van der Waals surface area contributed by atoms with E-state index >= 15 is 0 Å². The van der Waals surface area contributed by atoms with Gasteiger partial charge in [-0.25, -0.2) is 0 Å². The molecule has 0 radical (unpaired) electrons. The van der Waals surface area contributed by atoms with Crippen LogP contribution in [-0.4, -0.2) is 16.3 Å². The minimum absolute atomic E-state index is 0.876. The lowest BCUT2D eigenvalue weighted by Gasteiger charge is -2.21. The average Bonchev–Trinajstić information content (AvgIpc) is 2.87. The number of anilines is 1. The van der Waals surface area contributed by atoms with E-state index < -0.39 is 0 Å². The van der Waals surface area contributed by atoms with Crippen molar-refractivity contribution >= 4 is 5.69 Å². The third-order valence-electron chi connectivity index (χ3n) is 4.12. The zero-order valence-electron chi connectivity index (χ0n) is 12.9. The Kier molecular flexibility index (Phi) is 4.25. The number of hydrogen-bond donors (Lipinski definition) is 2. The van der Waals surface area contributed by atoms with E-state index in [2.05, 4.69) is 47.1 Å². The molecular formula is C17H24N4. The average molecular weight is 284 g/mol. The number of para-hydroxylation sites is 1. The summed E-state index contributed by atoms with van der Waals surface area (Å²) in [5.74, 6) is 0. The number of benzene rings is 1. The Balaban J connectivity index is 1.65. The van der Waals surface area contributed by atoms with Gasteiger partial charge in [0.25, 0.3) is 0 Å². The van der Waals surface area contributed by atoms with Crippen LogP contribution in [0.3, 0.4) is 0 Å². The lowest BCUT2D eigenvalue weighted by Crippen LogP contribution is -2.18. The lowest BCUT2D eigenvalue weighted by molar-refractivity contribution is 0.685. The maximum absolute atomic E-state index is 4.49. The van der Waals surface area contributed by atoms with Gasteiger partial charge < -0.3 is 10.6 Å². The molecule has 4 heteroatoms. The Hall–Kier alpha value is -1.81. The van der Waals surface area contributed by atoms with Crippen LogP contribution in [0.25, 0.3) is 0 Å². The molecule has 0 aliphatic carbocycles. The van der Waals surface area contributed by atoms with Gasteiger partial charge in [-0.2, -0.15) is 5.10 Å². The maximum atomic E-state index is 4.49. The summed E-state index contributed by atoms with van der Waals surface area (Å²) in [6.07, 6.45) is 5.53. The van der Waals surface area contributed by atoms with Crippen molar-refractivity contribution < 1.29 is 0 Å². The quantitative estimate of drug-likeness (QED) is 0.887. The molecule has 1 aliphatic rings. The van der Waals surface area contributed by atoms with E-state index in [4.69, 9.17) is 0 Å². The van der Waals surface area contributed by atoms with Crippen molar-refractivity contribution in [2.45, 2.75) is 39.3 Å². The molecule has 2 heterocycles. The second kappa shape index (κ2) is 6.31. The lowest BCUT2D eigenvalue weighted by atomic mass is 9.99. The number of fused-ring (bicyclic) bond motifs is 1. The Labute approximate surface area is 126 Å². The minimum Gasteiger partial charge on any atom is -0.385 e. The van der Waals surface area contributed by atoms with Gasteiger partial charge >= 0.3 is 0 Å². The number of aryl methyl sites for hydroxylation is 3. The summed E-state index contributed by atoms with van der Waals surface area (Å²) in [6, 6.07) is 6.62. The highest BCUT2D eigenvalue weighted by Crippen LogP contribution is 2.25. The van der Waals surface area contributed by atoms with Crippen molar-refractivity contribution in [3.8, 4) is 0 Å². The summed E-state index contributed by atoms with van der Waals surface area (Å²) in [5.41, 5.74) is 6.67. The van der Waals surface area contributed by atoms with Crippen molar-refractivity contribution in [1.82, 2.24) is 15.1 Å². The largest absolute Gasteiger partial charge is 0.385 e. The molecule has 1 aliphatic heterocycles. The van der Waals surface area contributed by atoms with Gasteiger partial charge in [0.2, 0.25) is 0 Å². The Morgan fingerprint density at radius 3 is 3.00 bits per heavy atom. The number of aromatic nitrogens is 2. The molecule has 0 saturated carbocycles. The van der Waals surface area contributed by atoms with Crippen LogP contribution in [-0.2, 0) is 33.0 Å². The first-order valence-corrected chi connectivity index (χ1v) is 7.84. The maximum Gasteiger partial charge on any atom is 0.0666 e. The van der Waals surface area contributed by atoms with E-state index in [1.54, 1.807) is 0 Å². The first kappa shape index (κ1) is 14.1. The van der Waals surface area contributed by atoms with E-state index in [0.29, 0.717) is 0 Å². The van der Waals surface area contributed by atoms with Crippen molar-refractivity contribution in [2.75, 3.05) is 11.9 Å². The van der Waals surface area contributed by atoms with Gasteiger partial charge in [0, 0.05) is 44.1 Å². The molecule has 1 aromatic carbocycles. The molecule has 112 valence electrons. The van der Waals surface area contributed by atoms with E-state index in [-0.39, 0.29) is 0 Å². The molecule has 2 aromatic rings. The molecule has 0 saturated heterocycles. The van der Waals surface area contributed by atoms with Crippen LogP contribution >= 0.6 is 0 Å². The molecule has 3 rings (SSSR count). The molecule has 0 fully saturated rings. The van der Waals surface area contributed by atoms with Gasteiger partial charge in [-0.05, 0) is 30.4 Å². The highest BCUT2D eigenvalue weighted by molar-refractivity contribution is 5.59. The number of nitrogens with one attached hydrogen (secondary N) is 2. The fraction of sp³-hybridized carbons (Fsp3) is 0.471. The van der Waals surface area contributed by atoms with Crippen molar-refractivity contribution in [3.05, 3.63) is 46.8 Å². The van der Waals surface area contributed by atoms with Gasteiger partial charge in [-0.15, -0.1) is 0 Å². The summed E-state index contributed by atoms with van der Waals surface area (Å²) in [7, 11) is 1.99. The molecule has 0 bridgehead atoms. The van der Waals surface area contributed by atoms with Crippen molar-refractivity contribution in [3.63, 3.8) is 0 Å². The first-order chi connectivity index (χ1) is 10.3. The zero-order valence-corrected chi connectivity index (χ0v) is 12.9. The molecule has 0 unspecified atom stereocenters. The molecular weight excluding hydrogens is 260 g/mol. The van der Waals surface area contributed by atoms with Crippen molar-refractivity contribution in [2.24, 2.45) is 7.05 Å². The molecule has 21 heavy (non-hydrogen) atoms. The summed E-state index contributed by atoms with van der Waals surface area (Å²) in [5, 5.41) is 11.6. The first-order valence-electron chi connectivity index (χ1n) is 7.84. The Morgan fingerprint density at radius 1 is 1.29 bits per heavy atom. The summed E-state index contributed by atoms with van der Waals surface area (Å²) >= 11 is 0. The second-order valence-corrected chi connectivity index (χ2v) is 5.71. The molecule has 1 aromatic heterocycles. The molecule has 0 amide bonds. The van der Waals surface area contributed by atoms with Crippen LogP contribution < -0.4 is 10.6 Å². The predicted octanol–water partition coefficient (Wildman–Crippen LogP) is 2.63. The second-order valence-electron chi connectivity index (χ2n) is 5.71. The van der Waals surface area contributed by atoms with Gasteiger partial charge in [-0.1, -0.05) is 25.1 Å². The Bertz CT molecular complexity index is 615. The standard InChI is InChI=1S/C17H24N4/c1-3-16-15(12-21(2)20-16)11-18-10-14-7-4-6-13-8-5-9-19-17(13)14/h4,6-7,12,18-19H,3,5,8-11H2,1-2H3. The fourth-order valence-corrected chi connectivity index (χ4v) is 3.09. The van der Waals surface area contributed by atoms with Gasteiger partial charge in [0.05, 0.1) is 5.69 Å². The van der Waals surface area contributed by atoms with Crippen LogP contribution in [0.4, 0.5) is 5.69 Å². The van der Waals surface area contributed by atoms with Crippen molar-refractivity contribution in [1.29, 1.82) is 0 Å². The normalized spacial score (nSPS) is 13.8. The molecule has 0 spiro atoms. The third-order valence-corrected chi connectivity index (χ3v) is 4.12. The number of hydrogen-bond acceptors (Lipinski definition) is 3. The van der Waals surface area contributed by atoms with E-state index in [1.807, 2.05) is 11.7 Å². The highest BCUT2D eigenvalue weighted by Gasteiger charge is 2.12. The summed E-state index contributed by atoms with van der Waals surface area (Å²) < 4.78 is 1.90. The van der Waals surface area contributed by atoms with Crippen LogP contribution in [0.2, 0.25) is 0 Å². The summed E-state index contributed by atoms with van der Waals surface area (Å²) in [6.45, 7) is 5.02. The smallest absolute Gasteiger partial charge is 0.0666 e. The fourth-order valence-electron chi connectivity index (χ4n) is 3.09. The van der Waals surface area contributed by atoms with Crippen LogP contribution in [0.1, 0.15) is 35.7 Å². The SMILES string of the molecule is CCc1nn(C)cc1CNCc1cccc2c1NCCC2. The van der Waals surface area contributed by atoms with Crippen LogP contribution in [0.15, 0.2) is 24.4 Å². The Morgan fingerprint density at radius 2 is 2.14 bits per heavy atom. The summed E-state index contributed by atoms with van der Waals surface area (Å²) in [4.78, 5) is 0. The monoisotopic (exact) mass is 284 g/mol. The third kappa shape index (κ3) is 3.10. The minimum atomic E-state index is 0.876. The predicted molar refractivity (Wildman–Crippen MR) is 86.4 cm³/mol. The van der Waals surface area contributed by atoms with Gasteiger partial charge in [-0.3, -0.25) is 4.68 Å². The molecule has 4 nitrogen and oxygen atoms in total. The number of nitrogens with zero attached hydrogens (tertiary/aromatic N) is 2. The number of rotatable bonds is 5. The van der Waals surface area contributed by atoms with E-state index in [0.717, 1.165) is 26.1 Å². The van der Waals surface area contributed by atoms with Gasteiger partial charge in [0.15, 0.2) is 0 Å². The topological polar surface area (TPSA) is 41.9 Å². The van der Waals surface area contributed by atoms with E-state index in [1.165, 1.54) is 40.9 Å². The zero-order chi connectivity index (χ0) is 14.7. The highest BCUT2D eigenvalue weighted by atomic mass is 15.3. The van der Waals surface area contributed by atoms with E-state index in [9.17, 15) is 0 Å². The molecule has 0 atom stereocenters. The van der Waals surface area contributed by atoms with Crippen LogP contribution in [0.5, 0.6) is 0 Å². The molecule has 2 N–H and O–H groups in total. The van der Waals surface area contributed by atoms with Gasteiger partial charge in [0.1, 0.15) is 0 Å².